The summed E-state index contributed by atoms with van der Waals surface area (Å²) in [6, 6.07) is 51.0. The fourth-order valence-electron chi connectivity index (χ4n) is 11.2. The van der Waals surface area contributed by atoms with Crippen molar-refractivity contribution in [1.29, 1.82) is 0 Å². The first-order chi connectivity index (χ1) is 23.3. The van der Waals surface area contributed by atoms with Gasteiger partial charge in [-0.05, 0) is 136 Å². The molecule has 5 aliphatic carbocycles. The Bertz CT molecular complexity index is 2340. The van der Waals surface area contributed by atoms with Gasteiger partial charge in [-0.15, -0.1) is 11.3 Å². The molecule has 0 N–H and O–H groups in total. The molecule has 5 aliphatic rings. The number of thiophene rings is 1. The Labute approximate surface area is 280 Å². The molecule has 4 bridgehead atoms. The van der Waals surface area contributed by atoms with Crippen molar-refractivity contribution in [2.45, 2.75) is 37.5 Å². The summed E-state index contributed by atoms with van der Waals surface area (Å²) in [5.74, 6) is 3.32. The molecule has 0 nitrogen and oxygen atoms in total. The first kappa shape index (κ1) is 26.6. The second-order valence-electron chi connectivity index (χ2n) is 14.9. The highest BCUT2D eigenvalue weighted by Gasteiger charge is 2.61. The summed E-state index contributed by atoms with van der Waals surface area (Å²) >= 11 is 1.91. The van der Waals surface area contributed by atoms with Crippen LogP contribution in [0.3, 0.4) is 0 Å². The zero-order chi connectivity index (χ0) is 30.7. The number of hydrogen-bond donors (Lipinski definition) is 0. The van der Waals surface area contributed by atoms with Gasteiger partial charge in [0.15, 0.2) is 0 Å². The first-order valence-electron chi connectivity index (χ1n) is 17.6. The lowest BCUT2D eigenvalue weighted by molar-refractivity contribution is -0.0399. The van der Waals surface area contributed by atoms with Crippen molar-refractivity contribution in [1.82, 2.24) is 0 Å². The van der Waals surface area contributed by atoms with E-state index in [1.54, 1.807) is 11.1 Å². The maximum atomic E-state index is 2.65. The van der Waals surface area contributed by atoms with Gasteiger partial charge in [-0.25, -0.2) is 0 Å². The molecular weight excluding hydrogens is 585 g/mol. The summed E-state index contributed by atoms with van der Waals surface area (Å²) in [4.78, 5) is 0. The molecule has 1 spiro atoms. The van der Waals surface area contributed by atoms with Crippen LogP contribution < -0.4 is 0 Å². The maximum Gasteiger partial charge on any atom is 0.0355 e. The average Bonchev–Trinajstić information content (AvgIpc) is 3.64. The quantitative estimate of drug-likeness (QED) is 0.184. The molecule has 7 aromatic rings. The molecule has 1 heteroatoms. The molecule has 0 saturated heterocycles. The maximum absolute atomic E-state index is 2.65. The molecule has 226 valence electrons. The minimum atomic E-state index is 0.116. The van der Waals surface area contributed by atoms with E-state index in [1.807, 2.05) is 11.3 Å². The number of fused-ring (bicyclic) bond motifs is 6. The van der Waals surface area contributed by atoms with Gasteiger partial charge in [0.05, 0.1) is 0 Å². The summed E-state index contributed by atoms with van der Waals surface area (Å²) in [7, 11) is 0. The van der Waals surface area contributed by atoms with Crippen molar-refractivity contribution in [2.75, 3.05) is 0 Å². The summed E-state index contributed by atoms with van der Waals surface area (Å²) in [6.07, 6.45) is 7.06. The van der Waals surface area contributed by atoms with E-state index in [9.17, 15) is 0 Å². The van der Waals surface area contributed by atoms with Crippen LogP contribution >= 0.6 is 11.3 Å². The predicted molar refractivity (Wildman–Crippen MR) is 199 cm³/mol. The van der Waals surface area contributed by atoms with Crippen molar-refractivity contribution < 1.29 is 0 Å². The lowest BCUT2D eigenvalue weighted by atomic mass is 9.43. The Morgan fingerprint density at radius 3 is 1.87 bits per heavy atom. The summed E-state index contributed by atoms with van der Waals surface area (Å²) < 4.78 is 2.75. The van der Waals surface area contributed by atoms with Gasteiger partial charge in [-0.3, -0.25) is 0 Å². The highest BCUT2D eigenvalue weighted by Crippen LogP contribution is 2.70. The minimum Gasteiger partial charge on any atom is -0.135 e. The van der Waals surface area contributed by atoms with Gasteiger partial charge in [-0.2, -0.15) is 0 Å². The summed E-state index contributed by atoms with van der Waals surface area (Å²) in [6.45, 7) is 0. The van der Waals surface area contributed by atoms with Crippen molar-refractivity contribution >= 4 is 31.5 Å². The molecule has 4 fully saturated rings. The molecular formula is C46H36S. The van der Waals surface area contributed by atoms with E-state index >= 15 is 0 Å². The Morgan fingerprint density at radius 1 is 0.426 bits per heavy atom. The summed E-state index contributed by atoms with van der Waals surface area (Å²) in [5, 5.41) is 2.76. The van der Waals surface area contributed by atoms with Crippen molar-refractivity contribution in [2.24, 2.45) is 23.7 Å². The monoisotopic (exact) mass is 620 g/mol. The second-order valence-corrected chi connectivity index (χ2v) is 16.0. The highest BCUT2D eigenvalue weighted by molar-refractivity contribution is 7.25. The van der Waals surface area contributed by atoms with Crippen molar-refractivity contribution in [3.63, 3.8) is 0 Å². The van der Waals surface area contributed by atoms with Crippen molar-refractivity contribution in [3.05, 3.63) is 145 Å². The fourth-order valence-corrected chi connectivity index (χ4v) is 12.2. The van der Waals surface area contributed by atoms with Gasteiger partial charge in [0.25, 0.3) is 0 Å². The van der Waals surface area contributed by atoms with Gasteiger partial charge >= 0.3 is 0 Å². The average molecular weight is 621 g/mol. The topological polar surface area (TPSA) is 0 Å². The van der Waals surface area contributed by atoms with Gasteiger partial charge in [0.2, 0.25) is 0 Å². The largest absolute Gasteiger partial charge is 0.135 e. The van der Waals surface area contributed by atoms with Crippen LogP contribution in [0.2, 0.25) is 0 Å². The van der Waals surface area contributed by atoms with E-state index in [1.165, 1.54) is 96.8 Å². The third-order valence-corrected chi connectivity index (χ3v) is 13.8. The van der Waals surface area contributed by atoms with E-state index in [0.29, 0.717) is 0 Å². The minimum absolute atomic E-state index is 0.116. The molecule has 12 rings (SSSR count). The van der Waals surface area contributed by atoms with E-state index in [2.05, 4.69) is 133 Å². The molecule has 4 saturated carbocycles. The zero-order valence-electron chi connectivity index (χ0n) is 26.5. The van der Waals surface area contributed by atoms with E-state index in [0.717, 1.165) is 23.7 Å². The molecule has 1 aromatic heterocycles. The van der Waals surface area contributed by atoms with Crippen LogP contribution in [0.5, 0.6) is 0 Å². The van der Waals surface area contributed by atoms with Crippen LogP contribution in [0.1, 0.15) is 43.2 Å². The van der Waals surface area contributed by atoms with Crippen LogP contribution in [0.25, 0.3) is 64.7 Å². The molecule has 47 heavy (non-hydrogen) atoms. The van der Waals surface area contributed by atoms with Gasteiger partial charge < -0.3 is 0 Å². The van der Waals surface area contributed by atoms with Crippen LogP contribution in [0.4, 0.5) is 0 Å². The number of rotatable bonds is 3. The number of hydrogen-bond acceptors (Lipinski definition) is 1. The molecule has 0 aliphatic heterocycles. The normalized spacial score (nSPS) is 25.1. The fraction of sp³-hybridized carbons (Fsp3) is 0.217. The molecule has 0 atom stereocenters. The third-order valence-electron chi connectivity index (χ3n) is 12.7. The van der Waals surface area contributed by atoms with Crippen LogP contribution in [0, 0.1) is 23.7 Å². The van der Waals surface area contributed by atoms with Gasteiger partial charge in [0, 0.05) is 25.6 Å². The van der Waals surface area contributed by atoms with E-state index in [-0.39, 0.29) is 5.41 Å². The Hall–Kier alpha value is -4.46. The number of benzene rings is 6. The lowest BCUT2D eigenvalue weighted by Crippen LogP contribution is -2.55. The van der Waals surface area contributed by atoms with Crippen LogP contribution in [-0.2, 0) is 5.41 Å². The zero-order valence-corrected chi connectivity index (χ0v) is 27.3. The van der Waals surface area contributed by atoms with Crippen molar-refractivity contribution in [3.8, 4) is 44.5 Å². The smallest absolute Gasteiger partial charge is 0.0355 e. The van der Waals surface area contributed by atoms with Crippen LogP contribution in [-0.4, -0.2) is 0 Å². The van der Waals surface area contributed by atoms with Gasteiger partial charge in [0.1, 0.15) is 0 Å². The van der Waals surface area contributed by atoms with E-state index in [4.69, 9.17) is 0 Å². The Balaban J connectivity index is 1.16. The molecule has 1 heterocycles. The third kappa shape index (κ3) is 3.64. The predicted octanol–water partition coefficient (Wildman–Crippen LogP) is 12.8. The standard InChI is InChI=1S/C46H36S/c1-2-9-30(10-3-1)35-11-4-5-12-36(35)32-17-19-39-42(27-32)46(33-22-28-21-29(24-33)25-34(46)23-28)41-15-8-14-37(45(39)41)31-18-20-44-40(26-31)38-13-6-7-16-43(38)47-44/h1-20,26-29,33-34H,21-25H2. The first-order valence-corrected chi connectivity index (χ1v) is 18.4. The molecule has 0 radical (unpaired) electrons. The Kier molecular flexibility index (Phi) is 5.53. The van der Waals surface area contributed by atoms with Crippen LogP contribution in [0.15, 0.2) is 133 Å². The Morgan fingerprint density at radius 2 is 1.06 bits per heavy atom. The van der Waals surface area contributed by atoms with Gasteiger partial charge in [-0.1, -0.05) is 109 Å². The molecule has 0 amide bonds. The highest BCUT2D eigenvalue weighted by atomic mass is 32.1. The lowest BCUT2D eigenvalue weighted by Gasteiger charge is -2.61. The summed E-state index contributed by atoms with van der Waals surface area (Å²) in [5.41, 5.74) is 14.4. The molecule has 0 unspecified atom stereocenters. The SMILES string of the molecule is c1ccc(-c2ccccc2-c2ccc3c(c2)C2(c4cccc(-c5ccc6sc7ccccc7c6c5)c4-3)C3CC4CC(C3)CC2C4)cc1. The van der Waals surface area contributed by atoms with E-state index < -0.39 is 0 Å². The second kappa shape index (κ2) is 9.78. The molecule has 6 aromatic carbocycles.